The number of carbonyl (C=O) groups excluding carboxylic acids is 1. The molecule has 1 amide bonds. The Balaban J connectivity index is 1.66. The Hall–Kier alpha value is -1.95. The Morgan fingerprint density at radius 3 is 2.82 bits per heavy atom. The van der Waals surface area contributed by atoms with E-state index in [1.165, 1.54) is 12.4 Å². The average molecular weight is 318 g/mol. The number of pyridine rings is 1. The highest BCUT2D eigenvalue weighted by Crippen LogP contribution is 2.21. The maximum Gasteiger partial charge on any atom is 0.257 e. The number of hydrogen-bond acceptors (Lipinski definition) is 4. The van der Waals surface area contributed by atoms with Gasteiger partial charge in [0.2, 0.25) is 0 Å². The first kappa shape index (κ1) is 15.0. The number of aromatic nitrogens is 1. The van der Waals surface area contributed by atoms with Crippen LogP contribution in [0, 0.1) is 0 Å². The summed E-state index contributed by atoms with van der Waals surface area (Å²) in [7, 11) is 0. The van der Waals surface area contributed by atoms with Crippen LogP contribution in [-0.2, 0) is 4.74 Å². The lowest BCUT2D eigenvalue weighted by molar-refractivity contribution is 0.0277. The van der Waals surface area contributed by atoms with Crippen LogP contribution in [0.25, 0.3) is 0 Å². The summed E-state index contributed by atoms with van der Waals surface area (Å²) in [4.78, 5) is 16.0. The zero-order valence-electron chi connectivity index (χ0n) is 11.9. The van der Waals surface area contributed by atoms with E-state index < -0.39 is 0 Å². The maximum atomic E-state index is 12.1. The summed E-state index contributed by atoms with van der Waals surface area (Å²) in [5, 5.41) is 6.55. The second kappa shape index (κ2) is 6.87. The molecule has 0 saturated carbocycles. The molecule has 1 aromatic heterocycles. The number of hydrogen-bond donors (Lipinski definition) is 2. The SMILES string of the molecule is O=C(Nc1ccc([C@@H]2CNCCO2)cc1)c1cncc(Cl)c1. The van der Waals surface area contributed by atoms with Gasteiger partial charge in [-0.05, 0) is 23.8 Å². The van der Waals surface area contributed by atoms with Crippen LogP contribution in [0.4, 0.5) is 5.69 Å². The number of amides is 1. The molecule has 1 saturated heterocycles. The number of carbonyl (C=O) groups is 1. The molecule has 6 heteroatoms. The van der Waals surface area contributed by atoms with E-state index in [9.17, 15) is 4.79 Å². The van der Waals surface area contributed by atoms with Crippen LogP contribution in [0.2, 0.25) is 5.02 Å². The summed E-state index contributed by atoms with van der Waals surface area (Å²) in [6.45, 7) is 2.41. The summed E-state index contributed by atoms with van der Waals surface area (Å²) >= 11 is 5.84. The van der Waals surface area contributed by atoms with Gasteiger partial charge in [-0.25, -0.2) is 0 Å². The predicted molar refractivity (Wildman–Crippen MR) is 85.2 cm³/mol. The molecular weight excluding hydrogens is 302 g/mol. The summed E-state index contributed by atoms with van der Waals surface area (Å²) in [6.07, 6.45) is 3.04. The number of nitrogens with one attached hydrogen (secondary N) is 2. The smallest absolute Gasteiger partial charge is 0.257 e. The minimum atomic E-state index is -0.238. The number of anilines is 1. The second-order valence-electron chi connectivity index (χ2n) is 5.03. The van der Waals surface area contributed by atoms with Crippen molar-refractivity contribution in [1.29, 1.82) is 0 Å². The standard InChI is InChI=1S/C16H16ClN3O2/c17-13-7-12(8-19-9-13)16(21)20-14-3-1-11(2-4-14)15-10-18-5-6-22-15/h1-4,7-9,15,18H,5-6,10H2,(H,20,21)/t15-/m0/s1. The third-order valence-corrected chi connectivity index (χ3v) is 3.64. The van der Waals surface area contributed by atoms with E-state index in [-0.39, 0.29) is 12.0 Å². The average Bonchev–Trinajstić information content (AvgIpc) is 2.56. The van der Waals surface area contributed by atoms with Crippen LogP contribution >= 0.6 is 11.6 Å². The van der Waals surface area contributed by atoms with Gasteiger partial charge in [-0.1, -0.05) is 23.7 Å². The number of morpholine rings is 1. The monoisotopic (exact) mass is 317 g/mol. The lowest BCUT2D eigenvalue weighted by Crippen LogP contribution is -2.33. The van der Waals surface area contributed by atoms with Crippen LogP contribution in [0.15, 0.2) is 42.7 Å². The van der Waals surface area contributed by atoms with Gasteiger partial charge in [-0.3, -0.25) is 9.78 Å². The van der Waals surface area contributed by atoms with Crippen LogP contribution in [0.5, 0.6) is 0 Å². The number of benzene rings is 1. The van der Waals surface area contributed by atoms with Gasteiger partial charge in [0.1, 0.15) is 0 Å². The predicted octanol–water partition coefficient (Wildman–Crippen LogP) is 2.65. The molecule has 5 nitrogen and oxygen atoms in total. The van der Waals surface area contributed by atoms with Crippen LogP contribution in [0.1, 0.15) is 22.0 Å². The Kier molecular flexibility index (Phi) is 4.68. The summed E-state index contributed by atoms with van der Waals surface area (Å²) < 4.78 is 5.69. The summed E-state index contributed by atoms with van der Waals surface area (Å²) in [5.41, 5.74) is 2.24. The van der Waals surface area contributed by atoms with Crippen molar-refractivity contribution in [1.82, 2.24) is 10.3 Å². The zero-order valence-corrected chi connectivity index (χ0v) is 12.6. The molecule has 1 aliphatic heterocycles. The number of halogens is 1. The van der Waals surface area contributed by atoms with Crippen LogP contribution in [0.3, 0.4) is 0 Å². The maximum absolute atomic E-state index is 12.1. The lowest BCUT2D eigenvalue weighted by Gasteiger charge is -2.24. The molecule has 0 spiro atoms. The van der Waals surface area contributed by atoms with Crippen molar-refractivity contribution in [3.05, 3.63) is 58.9 Å². The zero-order chi connectivity index (χ0) is 15.4. The number of rotatable bonds is 3. The Morgan fingerprint density at radius 1 is 1.32 bits per heavy atom. The molecule has 0 unspecified atom stereocenters. The normalized spacial score (nSPS) is 18.0. The van der Waals surface area contributed by atoms with Crippen molar-refractivity contribution < 1.29 is 9.53 Å². The molecule has 1 aromatic carbocycles. The summed E-state index contributed by atoms with van der Waals surface area (Å²) in [5.74, 6) is -0.238. The molecule has 0 bridgehead atoms. The van der Waals surface area contributed by atoms with Gasteiger partial charge >= 0.3 is 0 Å². The van der Waals surface area contributed by atoms with E-state index in [0.717, 1.165) is 24.3 Å². The van der Waals surface area contributed by atoms with Crippen molar-refractivity contribution in [2.75, 3.05) is 25.0 Å². The Labute approximate surface area is 133 Å². The van der Waals surface area contributed by atoms with Gasteiger partial charge in [0.05, 0.1) is 23.3 Å². The van der Waals surface area contributed by atoms with E-state index in [4.69, 9.17) is 16.3 Å². The molecule has 1 fully saturated rings. The Bertz CT molecular complexity index is 655. The molecule has 114 valence electrons. The number of ether oxygens (including phenoxy) is 1. The van der Waals surface area contributed by atoms with Gasteiger partial charge in [-0.2, -0.15) is 0 Å². The molecule has 22 heavy (non-hydrogen) atoms. The molecule has 0 radical (unpaired) electrons. The molecule has 3 rings (SSSR count). The van der Waals surface area contributed by atoms with Gasteiger partial charge < -0.3 is 15.4 Å². The number of nitrogens with zero attached hydrogens (tertiary/aromatic N) is 1. The Morgan fingerprint density at radius 2 is 2.14 bits per heavy atom. The lowest BCUT2D eigenvalue weighted by atomic mass is 10.1. The van der Waals surface area contributed by atoms with Crippen LogP contribution in [-0.4, -0.2) is 30.6 Å². The van der Waals surface area contributed by atoms with E-state index in [1.54, 1.807) is 6.07 Å². The van der Waals surface area contributed by atoms with Gasteiger partial charge in [-0.15, -0.1) is 0 Å². The van der Waals surface area contributed by atoms with Crippen LogP contribution < -0.4 is 10.6 Å². The van der Waals surface area contributed by atoms with E-state index >= 15 is 0 Å². The first-order valence-corrected chi connectivity index (χ1v) is 7.44. The third kappa shape index (κ3) is 3.62. The fraction of sp³-hybridized carbons (Fsp3) is 0.250. The molecule has 0 aliphatic carbocycles. The highest BCUT2D eigenvalue weighted by atomic mass is 35.5. The minimum Gasteiger partial charge on any atom is -0.371 e. The third-order valence-electron chi connectivity index (χ3n) is 3.44. The fourth-order valence-electron chi connectivity index (χ4n) is 2.30. The van der Waals surface area contributed by atoms with Crippen molar-refractivity contribution in [3.63, 3.8) is 0 Å². The van der Waals surface area contributed by atoms with E-state index in [2.05, 4.69) is 15.6 Å². The molecule has 1 aliphatic rings. The summed E-state index contributed by atoms with van der Waals surface area (Å²) in [6, 6.07) is 9.24. The van der Waals surface area contributed by atoms with Crippen molar-refractivity contribution in [2.45, 2.75) is 6.10 Å². The fourth-order valence-corrected chi connectivity index (χ4v) is 2.47. The molecule has 2 N–H and O–H groups in total. The quantitative estimate of drug-likeness (QED) is 0.913. The molecule has 2 heterocycles. The first-order chi connectivity index (χ1) is 10.7. The van der Waals surface area contributed by atoms with Gasteiger partial charge in [0, 0.05) is 31.2 Å². The van der Waals surface area contributed by atoms with Gasteiger partial charge in [0.25, 0.3) is 5.91 Å². The molecular formula is C16H16ClN3O2. The highest BCUT2D eigenvalue weighted by Gasteiger charge is 2.15. The van der Waals surface area contributed by atoms with Crippen molar-refractivity contribution in [3.8, 4) is 0 Å². The highest BCUT2D eigenvalue weighted by molar-refractivity contribution is 6.30. The van der Waals surface area contributed by atoms with Crippen molar-refractivity contribution in [2.24, 2.45) is 0 Å². The second-order valence-corrected chi connectivity index (χ2v) is 5.47. The van der Waals surface area contributed by atoms with E-state index in [0.29, 0.717) is 17.2 Å². The van der Waals surface area contributed by atoms with E-state index in [1.807, 2.05) is 24.3 Å². The first-order valence-electron chi connectivity index (χ1n) is 7.06. The molecule has 1 atom stereocenters. The van der Waals surface area contributed by atoms with Crippen molar-refractivity contribution >= 4 is 23.2 Å². The largest absolute Gasteiger partial charge is 0.371 e. The molecule has 2 aromatic rings. The minimum absolute atomic E-state index is 0.0654. The topological polar surface area (TPSA) is 63.2 Å². The van der Waals surface area contributed by atoms with Gasteiger partial charge in [0.15, 0.2) is 0 Å².